The summed E-state index contributed by atoms with van der Waals surface area (Å²) < 4.78 is 90.2. The van der Waals surface area contributed by atoms with Crippen LogP contribution in [-0.4, -0.2) is 18.9 Å². The van der Waals surface area contributed by atoms with E-state index >= 15 is 0 Å². The summed E-state index contributed by atoms with van der Waals surface area (Å²) in [5, 5.41) is -0.825. The van der Waals surface area contributed by atoms with Crippen LogP contribution in [0.15, 0.2) is 36.4 Å². The summed E-state index contributed by atoms with van der Waals surface area (Å²) in [6.45, 7) is 0. The molecule has 0 aromatic heterocycles. The van der Waals surface area contributed by atoms with Crippen molar-refractivity contribution in [2.24, 2.45) is 0 Å². The Bertz CT molecular complexity index is 799. The van der Waals surface area contributed by atoms with Crippen molar-refractivity contribution in [2.75, 3.05) is 0 Å². The first-order valence-corrected chi connectivity index (χ1v) is 7.58. The molecule has 0 amide bonds. The Labute approximate surface area is 162 Å². The molecule has 0 bridgehead atoms. The summed E-state index contributed by atoms with van der Waals surface area (Å²) in [7, 11) is 0. The first kappa shape index (κ1) is 21.8. The quantitative estimate of drug-likeness (QED) is 0.307. The van der Waals surface area contributed by atoms with Gasteiger partial charge < -0.3 is 18.9 Å². The third kappa shape index (κ3) is 6.89. The molecular formula is C15H6Cl2F6O5. The highest BCUT2D eigenvalue weighted by molar-refractivity contribution is 6.32. The van der Waals surface area contributed by atoms with Crippen LogP contribution in [0.4, 0.5) is 31.1 Å². The lowest BCUT2D eigenvalue weighted by Crippen LogP contribution is -2.18. The van der Waals surface area contributed by atoms with E-state index in [9.17, 15) is 31.1 Å². The summed E-state index contributed by atoms with van der Waals surface area (Å²) in [6, 6.07) is 5.32. The average molecular weight is 451 g/mol. The third-order valence-corrected chi connectivity index (χ3v) is 3.28. The van der Waals surface area contributed by atoms with Crippen LogP contribution in [0.3, 0.4) is 0 Å². The Morgan fingerprint density at radius 2 is 1.07 bits per heavy atom. The minimum absolute atomic E-state index is 0.412. The Hall–Kier alpha value is -2.53. The Balaban J connectivity index is 2.10. The van der Waals surface area contributed by atoms with E-state index in [0.717, 1.165) is 24.3 Å². The topological polar surface area (TPSA) is 54.0 Å². The average Bonchev–Trinajstić information content (AvgIpc) is 2.51. The summed E-state index contributed by atoms with van der Waals surface area (Å²) in [4.78, 5) is 11.7. The highest BCUT2D eigenvalue weighted by Gasteiger charge is 2.33. The van der Waals surface area contributed by atoms with Crippen LogP contribution in [0.2, 0.25) is 10.0 Å². The summed E-state index contributed by atoms with van der Waals surface area (Å²) in [5.41, 5.74) is 0. The van der Waals surface area contributed by atoms with Crippen LogP contribution >= 0.6 is 23.2 Å². The number of hydrogen-bond donors (Lipinski definition) is 0. The number of ether oxygens (including phenoxy) is 4. The molecule has 2 aromatic rings. The fourth-order valence-electron chi connectivity index (χ4n) is 1.71. The minimum Gasteiger partial charge on any atom is -0.404 e. The van der Waals surface area contributed by atoms with Gasteiger partial charge >= 0.3 is 18.9 Å². The molecule has 2 rings (SSSR count). The van der Waals surface area contributed by atoms with E-state index in [1.165, 1.54) is 0 Å². The number of rotatable bonds is 4. The molecule has 0 aliphatic rings. The summed E-state index contributed by atoms with van der Waals surface area (Å²) in [5.74, 6) is -2.55. The molecule has 0 unspecified atom stereocenters. The molecule has 0 heterocycles. The molecule has 0 atom stereocenters. The minimum atomic E-state index is -5.04. The van der Waals surface area contributed by atoms with E-state index in [0.29, 0.717) is 12.1 Å². The van der Waals surface area contributed by atoms with E-state index < -0.39 is 51.9 Å². The second kappa shape index (κ2) is 8.23. The van der Waals surface area contributed by atoms with Gasteiger partial charge in [-0.15, -0.1) is 26.3 Å². The van der Waals surface area contributed by atoms with E-state index in [1.807, 2.05) is 0 Å². The fraction of sp³-hybridized carbons (Fsp3) is 0.133. The molecule has 13 heteroatoms. The molecular weight excluding hydrogens is 445 g/mol. The zero-order valence-corrected chi connectivity index (χ0v) is 14.5. The van der Waals surface area contributed by atoms with E-state index in [1.54, 1.807) is 0 Å². The second-order valence-corrected chi connectivity index (χ2v) is 5.55. The van der Waals surface area contributed by atoms with Gasteiger partial charge in [-0.05, 0) is 24.3 Å². The van der Waals surface area contributed by atoms with Crippen molar-refractivity contribution in [3.8, 4) is 23.0 Å². The fourth-order valence-corrected chi connectivity index (χ4v) is 2.03. The van der Waals surface area contributed by atoms with Crippen LogP contribution in [-0.2, 0) is 0 Å². The van der Waals surface area contributed by atoms with Gasteiger partial charge in [0.05, 0.1) is 10.0 Å². The number of alkyl halides is 6. The van der Waals surface area contributed by atoms with Crippen molar-refractivity contribution in [3.63, 3.8) is 0 Å². The van der Waals surface area contributed by atoms with E-state index in [2.05, 4.69) is 18.9 Å². The molecule has 0 radical (unpaired) electrons. The van der Waals surface area contributed by atoms with Gasteiger partial charge in [-0.2, -0.15) is 0 Å². The van der Waals surface area contributed by atoms with Crippen LogP contribution in [0.5, 0.6) is 23.0 Å². The molecule has 0 aliphatic carbocycles. The number of hydrogen-bond acceptors (Lipinski definition) is 5. The first-order chi connectivity index (χ1) is 12.8. The monoisotopic (exact) mass is 450 g/mol. The molecule has 28 heavy (non-hydrogen) atoms. The maximum Gasteiger partial charge on any atom is 0.573 e. The van der Waals surface area contributed by atoms with E-state index in [4.69, 9.17) is 23.2 Å². The van der Waals surface area contributed by atoms with Crippen LogP contribution in [0, 0.1) is 0 Å². The van der Waals surface area contributed by atoms with Gasteiger partial charge in [-0.3, -0.25) is 0 Å². The molecule has 0 N–H and O–H groups in total. The van der Waals surface area contributed by atoms with Gasteiger partial charge in [-0.1, -0.05) is 23.2 Å². The lowest BCUT2D eigenvalue weighted by Gasteiger charge is -2.13. The molecule has 0 spiro atoms. The highest BCUT2D eigenvalue weighted by Crippen LogP contribution is 2.35. The van der Waals surface area contributed by atoms with Gasteiger partial charge in [0.2, 0.25) is 0 Å². The zero-order valence-electron chi connectivity index (χ0n) is 13.0. The molecule has 0 aliphatic heterocycles. The lowest BCUT2D eigenvalue weighted by atomic mass is 10.3. The molecule has 152 valence electrons. The van der Waals surface area contributed by atoms with E-state index in [-0.39, 0.29) is 0 Å². The smallest absolute Gasteiger partial charge is 0.404 e. The van der Waals surface area contributed by atoms with Crippen molar-refractivity contribution in [1.82, 2.24) is 0 Å². The number of carbonyl (C=O) groups excluding carboxylic acids is 1. The van der Waals surface area contributed by atoms with Crippen molar-refractivity contribution < 1.29 is 50.1 Å². The SMILES string of the molecule is O=C(Oc1ccc(Cl)c(OC(F)(F)F)c1)Oc1ccc(Cl)c(OC(F)(F)F)c1. The lowest BCUT2D eigenvalue weighted by molar-refractivity contribution is -0.275. The maximum atomic E-state index is 12.3. The molecule has 5 nitrogen and oxygen atoms in total. The first-order valence-electron chi connectivity index (χ1n) is 6.83. The van der Waals surface area contributed by atoms with Crippen LogP contribution in [0.25, 0.3) is 0 Å². The second-order valence-electron chi connectivity index (χ2n) is 4.73. The van der Waals surface area contributed by atoms with Gasteiger partial charge in [0, 0.05) is 12.1 Å². The Kier molecular flexibility index (Phi) is 6.40. The molecule has 0 saturated carbocycles. The summed E-state index contributed by atoms with van der Waals surface area (Å²) in [6.07, 6.45) is -11.6. The molecule has 2 aromatic carbocycles. The zero-order chi connectivity index (χ0) is 21.1. The van der Waals surface area contributed by atoms with Crippen LogP contribution < -0.4 is 18.9 Å². The predicted molar refractivity (Wildman–Crippen MR) is 82.9 cm³/mol. The number of benzene rings is 2. The number of carbonyl (C=O) groups is 1. The summed E-state index contributed by atoms with van der Waals surface area (Å²) >= 11 is 11.1. The Morgan fingerprint density at radius 1 is 0.714 bits per heavy atom. The van der Waals surface area contributed by atoms with Gasteiger partial charge in [0.25, 0.3) is 0 Å². The molecule has 0 fully saturated rings. The van der Waals surface area contributed by atoms with Crippen molar-refractivity contribution in [1.29, 1.82) is 0 Å². The van der Waals surface area contributed by atoms with Crippen molar-refractivity contribution >= 4 is 29.4 Å². The normalized spacial score (nSPS) is 11.7. The number of halogens is 8. The standard InChI is InChI=1S/C15H6Cl2F6O5/c16-9-3-1-7(5-11(9)27-14(18,19)20)25-13(24)26-8-2-4-10(17)12(6-8)28-15(21,22)23/h1-6H. The largest absolute Gasteiger partial charge is 0.573 e. The predicted octanol–water partition coefficient (Wildman–Crippen LogP) is 6.37. The molecule has 0 saturated heterocycles. The Morgan fingerprint density at radius 3 is 1.39 bits per heavy atom. The van der Waals surface area contributed by atoms with Gasteiger partial charge in [-0.25, -0.2) is 4.79 Å². The van der Waals surface area contributed by atoms with Crippen molar-refractivity contribution in [2.45, 2.75) is 12.7 Å². The van der Waals surface area contributed by atoms with Crippen molar-refractivity contribution in [3.05, 3.63) is 46.4 Å². The van der Waals surface area contributed by atoms with Crippen LogP contribution in [0.1, 0.15) is 0 Å². The maximum absolute atomic E-state index is 12.3. The van der Waals surface area contributed by atoms with Gasteiger partial charge in [0.1, 0.15) is 11.5 Å². The highest BCUT2D eigenvalue weighted by atomic mass is 35.5. The van der Waals surface area contributed by atoms with Gasteiger partial charge in [0.15, 0.2) is 11.5 Å². The third-order valence-electron chi connectivity index (χ3n) is 2.66.